The first-order valence-electron chi connectivity index (χ1n) is 9.32. The van der Waals surface area contributed by atoms with Crippen molar-refractivity contribution in [3.8, 4) is 6.07 Å². The Labute approximate surface area is 178 Å². The highest BCUT2D eigenvalue weighted by Crippen LogP contribution is 2.28. The molecule has 0 radical (unpaired) electrons. The number of aryl methyl sites for hydroxylation is 1. The van der Waals surface area contributed by atoms with Crippen molar-refractivity contribution in [2.45, 2.75) is 18.7 Å². The second-order valence-corrected chi connectivity index (χ2v) is 8.53. The van der Waals surface area contributed by atoms with Crippen LogP contribution in [0.2, 0.25) is 0 Å². The monoisotopic (exact) mass is 446 g/mol. The standard InChI is InChI=1S/C20H19FN4O5S/c1-3-30-20(27)17-8-13(9-22)18(23-12(17)2)25-10-14(11-25)19(26)24-31(28,29)16-6-4-15(21)5-7-16/h4-8,14H,3,10-11H2,1-2H3,(H,24,26). The summed E-state index contributed by atoms with van der Waals surface area (Å²) in [5, 5.41) is 9.43. The van der Waals surface area contributed by atoms with E-state index < -0.39 is 33.6 Å². The van der Waals surface area contributed by atoms with Gasteiger partial charge in [0.1, 0.15) is 17.7 Å². The fraction of sp³-hybridized carbons (Fsp3) is 0.300. The van der Waals surface area contributed by atoms with E-state index >= 15 is 0 Å². The number of anilines is 1. The lowest BCUT2D eigenvalue weighted by molar-refractivity contribution is -0.123. The van der Waals surface area contributed by atoms with Gasteiger partial charge in [-0.05, 0) is 44.2 Å². The molecule has 1 aromatic heterocycles. The van der Waals surface area contributed by atoms with E-state index in [0.717, 1.165) is 24.3 Å². The number of nitrogens with zero attached hydrogens (tertiary/aromatic N) is 3. The first kappa shape index (κ1) is 22.2. The van der Waals surface area contributed by atoms with E-state index in [9.17, 15) is 27.7 Å². The SMILES string of the molecule is CCOC(=O)c1cc(C#N)c(N2CC(C(=O)NS(=O)(=O)c3ccc(F)cc3)C2)nc1C. The number of sulfonamides is 1. The molecule has 1 aromatic carbocycles. The summed E-state index contributed by atoms with van der Waals surface area (Å²) in [4.78, 5) is 30.1. The molecule has 162 valence electrons. The summed E-state index contributed by atoms with van der Waals surface area (Å²) in [6, 6.07) is 7.47. The molecule has 0 bridgehead atoms. The molecule has 3 rings (SSSR count). The number of nitriles is 1. The van der Waals surface area contributed by atoms with Crippen molar-refractivity contribution in [2.75, 3.05) is 24.6 Å². The Balaban J connectivity index is 1.70. The number of amides is 1. The van der Waals surface area contributed by atoms with Gasteiger partial charge in [-0.2, -0.15) is 5.26 Å². The van der Waals surface area contributed by atoms with Crippen LogP contribution >= 0.6 is 0 Å². The van der Waals surface area contributed by atoms with E-state index in [0.29, 0.717) is 11.5 Å². The number of aromatic nitrogens is 1. The van der Waals surface area contributed by atoms with E-state index in [1.807, 2.05) is 10.8 Å². The third-order valence-corrected chi connectivity index (χ3v) is 6.08. The third-order valence-electron chi connectivity index (χ3n) is 4.72. The zero-order chi connectivity index (χ0) is 22.8. The summed E-state index contributed by atoms with van der Waals surface area (Å²) < 4.78 is 44.5. The van der Waals surface area contributed by atoms with Crippen LogP contribution in [-0.2, 0) is 19.6 Å². The molecule has 1 N–H and O–H groups in total. The minimum absolute atomic E-state index is 0.143. The number of benzene rings is 1. The minimum Gasteiger partial charge on any atom is -0.462 e. The van der Waals surface area contributed by atoms with E-state index in [1.54, 1.807) is 18.7 Å². The molecule has 31 heavy (non-hydrogen) atoms. The summed E-state index contributed by atoms with van der Waals surface area (Å²) >= 11 is 0. The molecule has 1 amide bonds. The number of esters is 1. The van der Waals surface area contributed by atoms with Crippen molar-refractivity contribution in [1.29, 1.82) is 5.26 Å². The van der Waals surface area contributed by atoms with E-state index in [-0.39, 0.29) is 35.7 Å². The Morgan fingerprint density at radius 3 is 2.55 bits per heavy atom. The molecule has 1 saturated heterocycles. The quantitative estimate of drug-likeness (QED) is 0.661. The van der Waals surface area contributed by atoms with Crippen LogP contribution in [0.3, 0.4) is 0 Å². The first-order valence-corrected chi connectivity index (χ1v) is 10.8. The average molecular weight is 446 g/mol. The maximum Gasteiger partial charge on any atom is 0.340 e. The van der Waals surface area contributed by atoms with Crippen molar-refractivity contribution in [1.82, 2.24) is 9.71 Å². The second kappa shape index (κ2) is 8.69. The number of hydrogen-bond acceptors (Lipinski definition) is 8. The summed E-state index contributed by atoms with van der Waals surface area (Å²) in [7, 11) is -4.12. The number of ether oxygens (including phenoxy) is 1. The molecule has 2 aromatic rings. The van der Waals surface area contributed by atoms with Gasteiger partial charge in [0.25, 0.3) is 10.0 Å². The highest BCUT2D eigenvalue weighted by Gasteiger charge is 2.37. The molecule has 9 nitrogen and oxygen atoms in total. The number of pyridine rings is 1. The molecule has 0 aliphatic carbocycles. The van der Waals surface area contributed by atoms with Crippen molar-refractivity contribution in [3.05, 3.63) is 53.0 Å². The molecule has 0 atom stereocenters. The zero-order valence-electron chi connectivity index (χ0n) is 16.8. The molecule has 11 heteroatoms. The molecule has 1 fully saturated rings. The number of halogens is 1. The Bertz CT molecular complexity index is 1170. The van der Waals surface area contributed by atoms with Crippen LogP contribution in [0.15, 0.2) is 35.2 Å². The summed E-state index contributed by atoms with van der Waals surface area (Å²) in [6.07, 6.45) is 0. The van der Waals surface area contributed by atoms with Gasteiger partial charge >= 0.3 is 5.97 Å². The summed E-state index contributed by atoms with van der Waals surface area (Å²) in [6.45, 7) is 3.75. The molecule has 1 aliphatic heterocycles. The lowest BCUT2D eigenvalue weighted by Gasteiger charge is -2.39. The highest BCUT2D eigenvalue weighted by molar-refractivity contribution is 7.90. The van der Waals surface area contributed by atoms with Gasteiger partial charge in [0.05, 0.1) is 34.2 Å². The normalized spacial score (nSPS) is 13.8. The van der Waals surface area contributed by atoms with Crippen LogP contribution in [0.1, 0.15) is 28.5 Å². The molecule has 0 unspecified atom stereocenters. The van der Waals surface area contributed by atoms with E-state index in [2.05, 4.69) is 4.98 Å². The largest absolute Gasteiger partial charge is 0.462 e. The van der Waals surface area contributed by atoms with Crippen LogP contribution < -0.4 is 9.62 Å². The van der Waals surface area contributed by atoms with Crippen LogP contribution in [0, 0.1) is 30.0 Å². The fourth-order valence-corrected chi connectivity index (χ4v) is 4.08. The smallest absolute Gasteiger partial charge is 0.340 e. The van der Waals surface area contributed by atoms with Crippen LogP contribution in [-0.4, -0.2) is 45.0 Å². The Kier molecular flexibility index (Phi) is 6.21. The number of nitrogens with one attached hydrogen (secondary N) is 1. The van der Waals surface area contributed by atoms with Crippen molar-refractivity contribution >= 4 is 27.7 Å². The highest BCUT2D eigenvalue weighted by atomic mass is 32.2. The molecule has 2 heterocycles. The predicted molar refractivity (Wildman–Crippen MR) is 107 cm³/mol. The number of hydrogen-bond donors (Lipinski definition) is 1. The predicted octanol–water partition coefficient (Wildman–Crippen LogP) is 1.52. The Morgan fingerprint density at radius 2 is 1.97 bits per heavy atom. The van der Waals surface area contributed by atoms with Crippen molar-refractivity contribution in [2.24, 2.45) is 5.92 Å². The summed E-state index contributed by atoms with van der Waals surface area (Å²) in [5.41, 5.74) is 0.702. The summed E-state index contributed by atoms with van der Waals surface area (Å²) in [5.74, 6) is -2.22. The van der Waals surface area contributed by atoms with Gasteiger partial charge in [-0.15, -0.1) is 0 Å². The van der Waals surface area contributed by atoms with Crippen molar-refractivity contribution in [3.63, 3.8) is 0 Å². The van der Waals surface area contributed by atoms with Crippen LogP contribution in [0.4, 0.5) is 10.2 Å². The van der Waals surface area contributed by atoms with Gasteiger partial charge in [0.15, 0.2) is 0 Å². The molecular formula is C20H19FN4O5S. The lowest BCUT2D eigenvalue weighted by atomic mass is 9.98. The van der Waals surface area contributed by atoms with Crippen LogP contribution in [0.25, 0.3) is 0 Å². The van der Waals surface area contributed by atoms with Gasteiger partial charge in [0.2, 0.25) is 5.91 Å². The molecule has 1 aliphatic rings. The second-order valence-electron chi connectivity index (χ2n) is 6.85. The maximum atomic E-state index is 13.0. The Morgan fingerprint density at radius 1 is 1.32 bits per heavy atom. The van der Waals surface area contributed by atoms with Gasteiger partial charge in [0, 0.05) is 13.1 Å². The van der Waals surface area contributed by atoms with Crippen molar-refractivity contribution < 1.29 is 27.1 Å². The lowest BCUT2D eigenvalue weighted by Crippen LogP contribution is -2.55. The topological polar surface area (TPSA) is 129 Å². The molecule has 0 spiro atoms. The maximum absolute atomic E-state index is 13.0. The van der Waals surface area contributed by atoms with Gasteiger partial charge in [-0.3, -0.25) is 4.79 Å². The average Bonchev–Trinajstić information content (AvgIpc) is 2.67. The number of rotatable bonds is 6. The third kappa shape index (κ3) is 4.64. The van der Waals surface area contributed by atoms with Gasteiger partial charge in [-0.1, -0.05) is 0 Å². The fourth-order valence-electron chi connectivity index (χ4n) is 3.04. The van der Waals surface area contributed by atoms with E-state index in [1.165, 1.54) is 6.07 Å². The molecule has 0 saturated carbocycles. The zero-order valence-corrected chi connectivity index (χ0v) is 17.6. The first-order chi connectivity index (χ1) is 14.7. The number of carbonyl (C=O) groups is 2. The van der Waals surface area contributed by atoms with Gasteiger partial charge in [-0.25, -0.2) is 27.3 Å². The Hall–Kier alpha value is -3.52. The van der Waals surface area contributed by atoms with Gasteiger partial charge < -0.3 is 9.64 Å². The van der Waals surface area contributed by atoms with E-state index in [4.69, 9.17) is 4.74 Å². The van der Waals surface area contributed by atoms with Crippen LogP contribution in [0.5, 0.6) is 0 Å². The number of carbonyl (C=O) groups excluding carboxylic acids is 2. The molecular weight excluding hydrogens is 427 g/mol. The minimum atomic E-state index is -4.12.